The number of rotatable bonds is 3. The van der Waals surface area contributed by atoms with Crippen molar-refractivity contribution in [2.24, 2.45) is 35.5 Å². The summed E-state index contributed by atoms with van der Waals surface area (Å²) >= 11 is 0. The molecule has 0 heterocycles. The van der Waals surface area contributed by atoms with Gasteiger partial charge in [0.15, 0.2) is 0 Å². The number of halogens is 6. The molecule has 0 aliphatic heterocycles. The number of aliphatic hydroxyl groups is 1. The van der Waals surface area contributed by atoms with E-state index in [1.54, 1.807) is 0 Å². The fourth-order valence-electron chi connectivity index (χ4n) is 4.64. The number of hydrogen-bond acceptors (Lipinski definition) is 1. The van der Waals surface area contributed by atoms with Gasteiger partial charge in [-0.25, -0.2) is 0 Å². The molecule has 1 N–H and O–H groups in total. The third kappa shape index (κ3) is 2.35. The molecule has 2 fully saturated rings. The zero-order chi connectivity index (χ0) is 16.4. The standard InChI is InChI=1S/C14H20F6O/c1-6(2)10-7(3)11-8(4-9(10)11)5-12(21,13(15,16)17)14(18,19)20/h6-11,21H,4-5H2,1-3H3. The van der Waals surface area contributed by atoms with Crippen LogP contribution in [0.2, 0.25) is 0 Å². The summed E-state index contributed by atoms with van der Waals surface area (Å²) in [6.07, 6.45) is -12.3. The topological polar surface area (TPSA) is 20.2 Å². The van der Waals surface area contributed by atoms with E-state index in [4.69, 9.17) is 0 Å². The number of hydrogen-bond donors (Lipinski definition) is 1. The predicted octanol–water partition coefficient (Wildman–Crippen LogP) is 4.41. The largest absolute Gasteiger partial charge is 0.426 e. The monoisotopic (exact) mass is 318 g/mol. The highest BCUT2D eigenvalue weighted by Gasteiger charge is 2.72. The Labute approximate surface area is 119 Å². The van der Waals surface area contributed by atoms with Gasteiger partial charge in [0.2, 0.25) is 0 Å². The Hall–Kier alpha value is -0.460. The third-order valence-electron chi connectivity index (χ3n) is 5.59. The summed E-state index contributed by atoms with van der Waals surface area (Å²) in [7, 11) is 0. The summed E-state index contributed by atoms with van der Waals surface area (Å²) < 4.78 is 76.2. The molecule has 2 aliphatic carbocycles. The van der Waals surface area contributed by atoms with Gasteiger partial charge in [0, 0.05) is 0 Å². The zero-order valence-corrected chi connectivity index (χ0v) is 12.1. The Morgan fingerprint density at radius 3 is 1.86 bits per heavy atom. The van der Waals surface area contributed by atoms with Gasteiger partial charge in [-0.2, -0.15) is 26.3 Å². The van der Waals surface area contributed by atoms with E-state index in [0.717, 1.165) is 0 Å². The van der Waals surface area contributed by atoms with E-state index < -0.39 is 30.3 Å². The van der Waals surface area contributed by atoms with Gasteiger partial charge < -0.3 is 5.11 Å². The van der Waals surface area contributed by atoms with Crippen LogP contribution in [0.4, 0.5) is 26.3 Å². The highest BCUT2D eigenvalue weighted by atomic mass is 19.4. The average Bonchev–Trinajstić information content (AvgIpc) is 2.22. The van der Waals surface area contributed by atoms with Crippen molar-refractivity contribution < 1.29 is 31.4 Å². The number of alkyl halides is 6. The minimum Gasteiger partial charge on any atom is -0.374 e. The van der Waals surface area contributed by atoms with Crippen LogP contribution in [0.15, 0.2) is 0 Å². The van der Waals surface area contributed by atoms with Crippen LogP contribution in [0.1, 0.15) is 33.6 Å². The van der Waals surface area contributed by atoms with Crippen LogP contribution in [0.3, 0.4) is 0 Å². The second-order valence-electron chi connectivity index (χ2n) is 6.98. The smallest absolute Gasteiger partial charge is 0.374 e. The Bertz CT molecular complexity index is 379. The van der Waals surface area contributed by atoms with Crippen molar-refractivity contribution in [3.63, 3.8) is 0 Å². The van der Waals surface area contributed by atoms with Crippen LogP contribution in [0, 0.1) is 35.5 Å². The lowest BCUT2D eigenvalue weighted by molar-refractivity contribution is -0.378. The first-order valence-electron chi connectivity index (χ1n) is 7.17. The summed E-state index contributed by atoms with van der Waals surface area (Å²) in [5, 5.41) is 9.26. The quantitative estimate of drug-likeness (QED) is 0.764. The lowest BCUT2D eigenvalue weighted by Crippen LogP contribution is -2.64. The summed E-state index contributed by atoms with van der Waals surface area (Å²) in [4.78, 5) is 0. The molecule has 0 amide bonds. The molecule has 0 aromatic carbocycles. The van der Waals surface area contributed by atoms with Gasteiger partial charge in [-0.1, -0.05) is 20.8 Å². The van der Waals surface area contributed by atoms with Crippen LogP contribution in [0.25, 0.3) is 0 Å². The van der Waals surface area contributed by atoms with Crippen LogP contribution in [0.5, 0.6) is 0 Å². The van der Waals surface area contributed by atoms with Crippen molar-refractivity contribution >= 4 is 0 Å². The molecule has 7 heteroatoms. The van der Waals surface area contributed by atoms with Crippen molar-refractivity contribution in [2.75, 3.05) is 0 Å². The first-order chi connectivity index (χ1) is 9.31. The van der Waals surface area contributed by atoms with Gasteiger partial charge >= 0.3 is 12.4 Å². The predicted molar refractivity (Wildman–Crippen MR) is 64.3 cm³/mol. The van der Waals surface area contributed by atoms with Crippen LogP contribution < -0.4 is 0 Å². The van der Waals surface area contributed by atoms with Gasteiger partial charge in [0.25, 0.3) is 5.60 Å². The second-order valence-corrected chi connectivity index (χ2v) is 6.98. The minimum absolute atomic E-state index is 0.117. The fraction of sp³-hybridized carbons (Fsp3) is 1.00. The molecule has 2 aliphatic rings. The molecular weight excluding hydrogens is 298 g/mol. The van der Waals surface area contributed by atoms with Crippen molar-refractivity contribution in [1.29, 1.82) is 0 Å². The maximum atomic E-state index is 12.7. The minimum atomic E-state index is -5.69. The summed E-state index contributed by atoms with van der Waals surface area (Å²) in [5.41, 5.74) is -4.59. The van der Waals surface area contributed by atoms with Crippen molar-refractivity contribution in [2.45, 2.75) is 51.6 Å². The molecule has 0 spiro atoms. The van der Waals surface area contributed by atoms with Gasteiger partial charge in [0.05, 0.1) is 0 Å². The van der Waals surface area contributed by atoms with Crippen LogP contribution in [-0.4, -0.2) is 23.1 Å². The molecule has 0 bridgehead atoms. The SMILES string of the molecule is CC(C)C1C(C)C2C(CC(O)(C(F)(F)F)C(F)(F)F)CC12. The lowest BCUT2D eigenvalue weighted by atomic mass is 9.40. The summed E-state index contributed by atoms with van der Waals surface area (Å²) in [6, 6.07) is 0. The second kappa shape index (κ2) is 4.77. The van der Waals surface area contributed by atoms with E-state index in [9.17, 15) is 31.4 Å². The van der Waals surface area contributed by atoms with Crippen LogP contribution >= 0.6 is 0 Å². The highest BCUT2D eigenvalue weighted by molar-refractivity contribution is 5.09. The summed E-state index contributed by atoms with van der Waals surface area (Å²) in [6.45, 7) is 5.93. The Morgan fingerprint density at radius 2 is 1.52 bits per heavy atom. The number of fused-ring (bicyclic) bond motifs is 1. The first kappa shape index (κ1) is 16.9. The van der Waals surface area contributed by atoms with Gasteiger partial charge in [-0.05, 0) is 48.3 Å². The molecule has 21 heavy (non-hydrogen) atoms. The van der Waals surface area contributed by atoms with Gasteiger partial charge in [-0.3, -0.25) is 0 Å². The molecule has 2 rings (SSSR count). The zero-order valence-electron chi connectivity index (χ0n) is 12.1. The molecule has 5 atom stereocenters. The highest BCUT2D eigenvalue weighted by Crippen LogP contribution is 2.66. The molecular formula is C14H20F6O. The molecule has 124 valence electrons. The molecule has 1 nitrogen and oxygen atoms in total. The van der Waals surface area contributed by atoms with Gasteiger partial charge in [-0.15, -0.1) is 0 Å². The van der Waals surface area contributed by atoms with E-state index in [0.29, 0.717) is 18.3 Å². The molecule has 5 unspecified atom stereocenters. The Morgan fingerprint density at radius 1 is 1.05 bits per heavy atom. The molecule has 2 saturated carbocycles. The van der Waals surface area contributed by atoms with Gasteiger partial charge in [0.1, 0.15) is 0 Å². The fourth-order valence-corrected chi connectivity index (χ4v) is 4.64. The maximum absolute atomic E-state index is 12.7. The molecule has 0 aromatic heterocycles. The maximum Gasteiger partial charge on any atom is 0.426 e. The van der Waals surface area contributed by atoms with Crippen LogP contribution in [-0.2, 0) is 0 Å². The molecule has 0 aromatic rings. The van der Waals surface area contributed by atoms with E-state index in [2.05, 4.69) is 0 Å². The lowest BCUT2D eigenvalue weighted by Gasteiger charge is -2.65. The van der Waals surface area contributed by atoms with E-state index >= 15 is 0 Å². The van der Waals surface area contributed by atoms with Crippen molar-refractivity contribution in [3.8, 4) is 0 Å². The molecule has 0 radical (unpaired) electrons. The van der Waals surface area contributed by atoms with Crippen molar-refractivity contribution in [1.82, 2.24) is 0 Å². The molecule has 0 saturated heterocycles. The average molecular weight is 318 g/mol. The first-order valence-corrected chi connectivity index (χ1v) is 7.17. The summed E-state index contributed by atoms with van der Waals surface area (Å²) in [5.74, 6) is 0.277. The van der Waals surface area contributed by atoms with E-state index in [-0.39, 0.29) is 17.8 Å². The third-order valence-corrected chi connectivity index (χ3v) is 5.59. The van der Waals surface area contributed by atoms with Crippen molar-refractivity contribution in [3.05, 3.63) is 0 Å². The normalized spacial score (nSPS) is 37.0. The Kier molecular flexibility index (Phi) is 3.84. The van der Waals surface area contributed by atoms with E-state index in [1.807, 2.05) is 20.8 Å². The van der Waals surface area contributed by atoms with E-state index in [1.165, 1.54) is 0 Å². The Balaban J connectivity index is 2.09.